The Labute approximate surface area is 128 Å². The Morgan fingerprint density at radius 2 is 2.10 bits per heavy atom. The first-order chi connectivity index (χ1) is 9.66. The van der Waals surface area contributed by atoms with E-state index in [0.717, 1.165) is 22.0 Å². The molecule has 1 heterocycles. The number of aromatic nitrogens is 2. The summed E-state index contributed by atoms with van der Waals surface area (Å²) in [6.07, 6.45) is 6.18. The molecule has 0 amide bonds. The van der Waals surface area contributed by atoms with Crippen LogP contribution in [-0.2, 0) is 5.41 Å². The molecule has 3 nitrogen and oxygen atoms in total. The Kier molecular flexibility index (Phi) is 3.59. The summed E-state index contributed by atoms with van der Waals surface area (Å²) in [5, 5.41) is 7.53. The van der Waals surface area contributed by atoms with Crippen molar-refractivity contribution in [1.82, 2.24) is 10.2 Å². The van der Waals surface area contributed by atoms with Gasteiger partial charge in [-0.15, -0.1) is 0 Å². The van der Waals surface area contributed by atoms with Crippen molar-refractivity contribution in [3.63, 3.8) is 0 Å². The van der Waals surface area contributed by atoms with Crippen LogP contribution in [-0.4, -0.2) is 10.2 Å². The highest BCUT2D eigenvalue weighted by Gasteiger charge is 2.38. The van der Waals surface area contributed by atoms with Crippen LogP contribution in [0.4, 0.5) is 5.82 Å². The number of aromatic amines is 1. The van der Waals surface area contributed by atoms with E-state index in [1.165, 1.54) is 31.4 Å². The summed E-state index contributed by atoms with van der Waals surface area (Å²) in [5.74, 6) is 0.609. The lowest BCUT2D eigenvalue weighted by molar-refractivity contribution is 0.413. The fourth-order valence-corrected chi connectivity index (χ4v) is 3.91. The van der Waals surface area contributed by atoms with Crippen LogP contribution < -0.4 is 5.73 Å². The molecule has 106 valence electrons. The van der Waals surface area contributed by atoms with E-state index < -0.39 is 0 Å². The summed E-state index contributed by atoms with van der Waals surface area (Å²) >= 11 is 3.54. The number of benzene rings is 1. The quantitative estimate of drug-likeness (QED) is 0.859. The number of H-pyrrole nitrogens is 1. The molecule has 3 rings (SSSR count). The molecule has 0 spiro atoms. The average molecular weight is 334 g/mol. The molecule has 2 aromatic rings. The molecule has 1 aliphatic carbocycles. The summed E-state index contributed by atoms with van der Waals surface area (Å²) < 4.78 is 1.07. The van der Waals surface area contributed by atoms with Crippen LogP contribution in [0.5, 0.6) is 0 Å². The van der Waals surface area contributed by atoms with Gasteiger partial charge in [0.1, 0.15) is 0 Å². The molecule has 0 saturated heterocycles. The van der Waals surface area contributed by atoms with Crippen LogP contribution >= 0.6 is 15.9 Å². The second-order valence-electron chi connectivity index (χ2n) is 5.71. The Balaban J connectivity index is 2.15. The molecule has 1 saturated carbocycles. The Hall–Kier alpha value is -1.29. The summed E-state index contributed by atoms with van der Waals surface area (Å²) in [7, 11) is 0. The molecule has 0 unspecified atom stereocenters. The maximum atomic E-state index is 6.15. The van der Waals surface area contributed by atoms with Gasteiger partial charge in [0.05, 0.1) is 5.69 Å². The Bertz CT molecular complexity index is 612. The van der Waals surface area contributed by atoms with Crippen molar-refractivity contribution in [2.24, 2.45) is 0 Å². The maximum Gasteiger partial charge on any atom is 0.153 e. The van der Waals surface area contributed by atoms with E-state index >= 15 is 0 Å². The van der Waals surface area contributed by atoms with Gasteiger partial charge in [-0.3, -0.25) is 5.10 Å². The fourth-order valence-electron chi connectivity index (χ4n) is 3.51. The number of anilines is 1. The minimum atomic E-state index is 0.224. The largest absolute Gasteiger partial charge is 0.382 e. The first-order valence-electron chi connectivity index (χ1n) is 7.26. The van der Waals surface area contributed by atoms with E-state index in [9.17, 15) is 0 Å². The normalized spacial score (nSPS) is 17.5. The van der Waals surface area contributed by atoms with E-state index in [1.54, 1.807) is 0 Å². The molecular weight excluding hydrogens is 314 g/mol. The van der Waals surface area contributed by atoms with Gasteiger partial charge in [0, 0.05) is 15.5 Å². The Morgan fingerprint density at radius 3 is 2.75 bits per heavy atom. The summed E-state index contributed by atoms with van der Waals surface area (Å²) in [6.45, 7) is 2.27. The molecule has 3 N–H and O–H groups in total. The van der Waals surface area contributed by atoms with Gasteiger partial charge >= 0.3 is 0 Å². The van der Waals surface area contributed by atoms with Crippen LogP contribution in [0.25, 0.3) is 11.1 Å². The first kappa shape index (κ1) is 13.7. The lowest BCUT2D eigenvalue weighted by Crippen LogP contribution is -2.22. The van der Waals surface area contributed by atoms with Crippen molar-refractivity contribution in [2.45, 2.75) is 44.4 Å². The van der Waals surface area contributed by atoms with Crippen LogP contribution in [0.1, 0.15) is 44.7 Å². The molecule has 4 heteroatoms. The first-order valence-corrected chi connectivity index (χ1v) is 8.06. The lowest BCUT2D eigenvalue weighted by Gasteiger charge is -2.27. The number of halogens is 1. The predicted octanol–water partition coefficient (Wildman–Crippen LogP) is 4.64. The molecule has 1 aromatic heterocycles. The van der Waals surface area contributed by atoms with E-state index in [4.69, 9.17) is 5.73 Å². The molecule has 1 aliphatic rings. The highest BCUT2D eigenvalue weighted by molar-refractivity contribution is 9.10. The number of hydrogen-bond donors (Lipinski definition) is 2. The molecule has 1 fully saturated rings. The number of nitrogens with two attached hydrogens (primary N) is 1. The zero-order valence-corrected chi connectivity index (χ0v) is 13.3. The van der Waals surface area contributed by atoms with Gasteiger partial charge in [-0.25, -0.2) is 0 Å². The zero-order chi connectivity index (χ0) is 14.2. The van der Waals surface area contributed by atoms with Crippen LogP contribution in [0.15, 0.2) is 28.7 Å². The van der Waals surface area contributed by atoms with Crippen molar-refractivity contribution in [1.29, 1.82) is 0 Å². The standard InChI is InChI=1S/C16H20BrN3/c1-2-16(8-3-4-9-16)14-13(15(18)20-19-14)11-6-5-7-12(17)10-11/h5-7,10H,2-4,8-9H2,1H3,(H3,18,19,20). The van der Waals surface area contributed by atoms with Crippen molar-refractivity contribution in [3.05, 3.63) is 34.4 Å². The molecule has 0 aliphatic heterocycles. The lowest BCUT2D eigenvalue weighted by atomic mass is 9.77. The van der Waals surface area contributed by atoms with Gasteiger partial charge in [0.15, 0.2) is 5.82 Å². The SMILES string of the molecule is CCC1(c2[nH]nc(N)c2-c2cccc(Br)c2)CCCC1. The van der Waals surface area contributed by atoms with Crippen molar-refractivity contribution in [2.75, 3.05) is 5.73 Å². The monoisotopic (exact) mass is 333 g/mol. The van der Waals surface area contributed by atoms with Gasteiger partial charge in [0.25, 0.3) is 0 Å². The van der Waals surface area contributed by atoms with Crippen molar-refractivity contribution < 1.29 is 0 Å². The predicted molar refractivity (Wildman–Crippen MR) is 86.6 cm³/mol. The smallest absolute Gasteiger partial charge is 0.153 e. The van der Waals surface area contributed by atoms with Crippen molar-refractivity contribution in [3.8, 4) is 11.1 Å². The molecular formula is C16H20BrN3. The molecule has 0 bridgehead atoms. The Morgan fingerprint density at radius 1 is 1.35 bits per heavy atom. The van der Waals surface area contributed by atoms with Gasteiger partial charge in [-0.05, 0) is 37.0 Å². The second kappa shape index (κ2) is 5.24. The molecule has 0 radical (unpaired) electrons. The van der Waals surface area contributed by atoms with Gasteiger partial charge in [0.2, 0.25) is 0 Å². The maximum absolute atomic E-state index is 6.15. The third-order valence-electron chi connectivity index (χ3n) is 4.68. The minimum Gasteiger partial charge on any atom is -0.382 e. The van der Waals surface area contributed by atoms with E-state index in [2.05, 4.69) is 45.2 Å². The second-order valence-corrected chi connectivity index (χ2v) is 6.63. The summed E-state index contributed by atoms with van der Waals surface area (Å²) in [5.41, 5.74) is 9.83. The number of nitrogens with zero attached hydrogens (tertiary/aromatic N) is 1. The average Bonchev–Trinajstić information content (AvgIpc) is 3.06. The molecule has 0 atom stereocenters. The summed E-state index contributed by atoms with van der Waals surface area (Å²) in [6, 6.07) is 8.30. The van der Waals surface area contributed by atoms with E-state index in [0.29, 0.717) is 5.82 Å². The summed E-state index contributed by atoms with van der Waals surface area (Å²) in [4.78, 5) is 0. The highest BCUT2D eigenvalue weighted by Crippen LogP contribution is 2.47. The molecule has 1 aromatic carbocycles. The highest BCUT2D eigenvalue weighted by atomic mass is 79.9. The van der Waals surface area contributed by atoms with Crippen LogP contribution in [0.2, 0.25) is 0 Å². The third-order valence-corrected chi connectivity index (χ3v) is 5.17. The van der Waals surface area contributed by atoms with Gasteiger partial charge in [-0.1, -0.05) is 47.8 Å². The van der Waals surface area contributed by atoms with Crippen LogP contribution in [0, 0.1) is 0 Å². The fraction of sp³-hybridized carbons (Fsp3) is 0.438. The minimum absolute atomic E-state index is 0.224. The zero-order valence-electron chi connectivity index (χ0n) is 11.7. The van der Waals surface area contributed by atoms with E-state index in [-0.39, 0.29) is 5.41 Å². The number of nitrogens with one attached hydrogen (secondary N) is 1. The third kappa shape index (κ3) is 2.16. The topological polar surface area (TPSA) is 54.7 Å². The molecule has 20 heavy (non-hydrogen) atoms. The van der Waals surface area contributed by atoms with E-state index in [1.807, 2.05) is 12.1 Å². The van der Waals surface area contributed by atoms with Gasteiger partial charge in [-0.2, -0.15) is 5.10 Å². The van der Waals surface area contributed by atoms with Crippen LogP contribution in [0.3, 0.4) is 0 Å². The van der Waals surface area contributed by atoms with Gasteiger partial charge < -0.3 is 5.73 Å². The number of nitrogen functional groups attached to an aromatic ring is 1. The number of rotatable bonds is 3. The van der Waals surface area contributed by atoms with Crippen molar-refractivity contribution >= 4 is 21.7 Å². The number of hydrogen-bond acceptors (Lipinski definition) is 2.